The molecule has 0 aromatic heterocycles. The first-order valence-electron chi connectivity index (χ1n) is 5.49. The summed E-state index contributed by atoms with van der Waals surface area (Å²) >= 11 is 0. The molecule has 3 atom stereocenters. The van der Waals surface area contributed by atoms with Crippen LogP contribution in [0.2, 0.25) is 0 Å². The summed E-state index contributed by atoms with van der Waals surface area (Å²) in [5.74, 6) is 1.69. The maximum absolute atomic E-state index is 6.10. The number of likely N-dealkylation sites (tertiary alicyclic amines) is 1. The molecule has 1 saturated carbocycles. The lowest BCUT2D eigenvalue weighted by Crippen LogP contribution is -2.41. The second-order valence-electron chi connectivity index (χ2n) is 5.74. The van der Waals surface area contributed by atoms with Crippen LogP contribution in [0.1, 0.15) is 33.6 Å². The van der Waals surface area contributed by atoms with Crippen LogP contribution in [-0.2, 0) is 0 Å². The minimum absolute atomic E-state index is 0.337. The summed E-state index contributed by atoms with van der Waals surface area (Å²) in [6, 6.07) is 0.484. The highest BCUT2D eigenvalue weighted by molar-refractivity contribution is 4.98. The molecule has 2 fully saturated rings. The van der Waals surface area contributed by atoms with Crippen LogP contribution >= 0.6 is 0 Å². The smallest absolute Gasteiger partial charge is 0.0125 e. The van der Waals surface area contributed by atoms with E-state index in [1.54, 1.807) is 0 Å². The van der Waals surface area contributed by atoms with Crippen LogP contribution in [0.5, 0.6) is 0 Å². The van der Waals surface area contributed by atoms with Crippen LogP contribution in [0.15, 0.2) is 0 Å². The molecular formula is C11H22N2. The lowest BCUT2D eigenvalue weighted by molar-refractivity contribution is 0.159. The highest BCUT2D eigenvalue weighted by atomic mass is 15.2. The minimum Gasteiger partial charge on any atom is -0.327 e. The fraction of sp³-hybridized carbons (Fsp3) is 1.00. The van der Waals surface area contributed by atoms with Gasteiger partial charge in [-0.2, -0.15) is 0 Å². The van der Waals surface area contributed by atoms with Crippen molar-refractivity contribution in [2.24, 2.45) is 17.6 Å². The van der Waals surface area contributed by atoms with Gasteiger partial charge in [-0.15, -0.1) is 0 Å². The minimum atomic E-state index is 0.337. The van der Waals surface area contributed by atoms with Gasteiger partial charge in [0.25, 0.3) is 0 Å². The third kappa shape index (κ3) is 1.62. The fourth-order valence-corrected chi connectivity index (χ4v) is 2.86. The first kappa shape index (κ1) is 9.47. The van der Waals surface area contributed by atoms with E-state index in [0.717, 1.165) is 11.8 Å². The third-order valence-electron chi connectivity index (χ3n) is 3.86. The molecule has 0 radical (unpaired) electrons. The van der Waals surface area contributed by atoms with Gasteiger partial charge in [0.1, 0.15) is 0 Å². The van der Waals surface area contributed by atoms with Gasteiger partial charge in [0.05, 0.1) is 0 Å². The van der Waals surface area contributed by atoms with Crippen molar-refractivity contribution in [1.29, 1.82) is 0 Å². The van der Waals surface area contributed by atoms with Crippen molar-refractivity contribution >= 4 is 0 Å². The van der Waals surface area contributed by atoms with Crippen LogP contribution in [-0.4, -0.2) is 29.6 Å². The molecule has 76 valence electrons. The molecule has 1 aliphatic heterocycles. The standard InChI is InChI=1S/C11H22N2/c1-11(2,3)13-6-8-4-5-10(12)9(8)7-13/h8-10H,4-7,12H2,1-3H3/t8-,9+,10?/m1/s1. The van der Waals surface area contributed by atoms with Crippen molar-refractivity contribution in [3.63, 3.8) is 0 Å². The van der Waals surface area contributed by atoms with Crippen LogP contribution in [0, 0.1) is 11.8 Å². The van der Waals surface area contributed by atoms with E-state index < -0.39 is 0 Å². The van der Waals surface area contributed by atoms with Crippen LogP contribution in [0.25, 0.3) is 0 Å². The lowest BCUT2D eigenvalue weighted by Gasteiger charge is -2.32. The van der Waals surface area contributed by atoms with Crippen molar-refractivity contribution in [1.82, 2.24) is 4.90 Å². The molecule has 2 rings (SSSR count). The molecule has 0 bridgehead atoms. The largest absolute Gasteiger partial charge is 0.327 e. The number of hydrogen-bond donors (Lipinski definition) is 1. The first-order chi connectivity index (χ1) is 5.98. The highest BCUT2D eigenvalue weighted by Gasteiger charge is 2.43. The number of nitrogens with two attached hydrogens (primary N) is 1. The Balaban J connectivity index is 2.03. The number of rotatable bonds is 0. The van der Waals surface area contributed by atoms with E-state index in [0.29, 0.717) is 11.6 Å². The van der Waals surface area contributed by atoms with Gasteiger partial charge in [0.15, 0.2) is 0 Å². The van der Waals surface area contributed by atoms with Gasteiger partial charge in [-0.1, -0.05) is 0 Å². The van der Waals surface area contributed by atoms with Crippen molar-refractivity contribution in [2.45, 2.75) is 45.2 Å². The average molecular weight is 182 g/mol. The predicted octanol–water partition coefficient (Wildman–Crippen LogP) is 1.45. The monoisotopic (exact) mass is 182 g/mol. The molecule has 13 heavy (non-hydrogen) atoms. The van der Waals surface area contributed by atoms with Gasteiger partial charge in [0.2, 0.25) is 0 Å². The van der Waals surface area contributed by atoms with Gasteiger partial charge in [0, 0.05) is 24.7 Å². The molecule has 1 unspecified atom stereocenters. The van der Waals surface area contributed by atoms with Crippen LogP contribution in [0.4, 0.5) is 0 Å². The maximum Gasteiger partial charge on any atom is 0.0125 e. The molecule has 0 aromatic carbocycles. The van der Waals surface area contributed by atoms with Gasteiger partial charge < -0.3 is 5.73 Å². The van der Waals surface area contributed by atoms with E-state index in [9.17, 15) is 0 Å². The molecule has 2 aliphatic rings. The Labute approximate surface area is 81.5 Å². The van der Waals surface area contributed by atoms with E-state index in [2.05, 4.69) is 25.7 Å². The van der Waals surface area contributed by atoms with Crippen molar-refractivity contribution in [2.75, 3.05) is 13.1 Å². The fourth-order valence-electron chi connectivity index (χ4n) is 2.86. The van der Waals surface area contributed by atoms with Crippen molar-refractivity contribution < 1.29 is 0 Å². The zero-order valence-electron chi connectivity index (χ0n) is 9.09. The van der Waals surface area contributed by atoms with Gasteiger partial charge in [-0.05, 0) is 45.4 Å². The Morgan fingerprint density at radius 2 is 1.85 bits per heavy atom. The molecule has 0 amide bonds. The molecule has 2 N–H and O–H groups in total. The molecule has 2 heteroatoms. The van der Waals surface area contributed by atoms with E-state index in [4.69, 9.17) is 5.73 Å². The summed E-state index contributed by atoms with van der Waals surface area (Å²) < 4.78 is 0. The third-order valence-corrected chi connectivity index (χ3v) is 3.86. The summed E-state index contributed by atoms with van der Waals surface area (Å²) in [6.45, 7) is 9.43. The quantitative estimate of drug-likeness (QED) is 0.614. The number of hydrogen-bond acceptors (Lipinski definition) is 2. The van der Waals surface area contributed by atoms with Crippen LogP contribution < -0.4 is 5.73 Å². The summed E-state index contributed by atoms with van der Waals surface area (Å²) in [5, 5.41) is 0. The van der Waals surface area contributed by atoms with Gasteiger partial charge >= 0.3 is 0 Å². The Morgan fingerprint density at radius 1 is 1.15 bits per heavy atom. The number of fused-ring (bicyclic) bond motifs is 1. The summed E-state index contributed by atoms with van der Waals surface area (Å²) in [4.78, 5) is 2.60. The Morgan fingerprint density at radius 3 is 2.38 bits per heavy atom. The van der Waals surface area contributed by atoms with Crippen LogP contribution in [0.3, 0.4) is 0 Å². The van der Waals surface area contributed by atoms with E-state index in [1.807, 2.05) is 0 Å². The lowest BCUT2D eigenvalue weighted by atomic mass is 9.98. The predicted molar refractivity (Wildman–Crippen MR) is 55.5 cm³/mol. The second-order valence-corrected chi connectivity index (χ2v) is 5.74. The maximum atomic E-state index is 6.10. The normalized spacial score (nSPS) is 41.1. The zero-order chi connectivity index (χ0) is 9.64. The first-order valence-corrected chi connectivity index (χ1v) is 5.49. The molecule has 0 spiro atoms. The highest BCUT2D eigenvalue weighted by Crippen LogP contribution is 2.39. The topological polar surface area (TPSA) is 29.3 Å². The van der Waals surface area contributed by atoms with E-state index in [-0.39, 0.29) is 0 Å². The molecule has 1 aliphatic carbocycles. The molecular weight excluding hydrogens is 160 g/mol. The van der Waals surface area contributed by atoms with Crippen molar-refractivity contribution in [3.8, 4) is 0 Å². The summed E-state index contributed by atoms with van der Waals surface area (Å²) in [6.07, 6.45) is 2.62. The Kier molecular flexibility index (Phi) is 2.16. The van der Waals surface area contributed by atoms with Gasteiger partial charge in [-0.3, -0.25) is 4.90 Å². The molecule has 0 aromatic rings. The van der Waals surface area contributed by atoms with Gasteiger partial charge in [-0.25, -0.2) is 0 Å². The average Bonchev–Trinajstić information content (AvgIpc) is 2.51. The summed E-state index contributed by atoms with van der Waals surface area (Å²) in [5.41, 5.74) is 6.44. The SMILES string of the molecule is CC(C)(C)N1C[C@H]2CCC(N)[C@H]2C1. The van der Waals surface area contributed by atoms with Crippen molar-refractivity contribution in [3.05, 3.63) is 0 Å². The molecule has 1 saturated heterocycles. The Bertz CT molecular complexity index is 195. The zero-order valence-corrected chi connectivity index (χ0v) is 9.09. The molecule has 1 heterocycles. The summed E-state index contributed by atoms with van der Waals surface area (Å²) in [7, 11) is 0. The van der Waals surface area contributed by atoms with E-state index >= 15 is 0 Å². The van der Waals surface area contributed by atoms with E-state index in [1.165, 1.54) is 25.9 Å². The molecule has 2 nitrogen and oxygen atoms in total. The second kappa shape index (κ2) is 2.96. The Hall–Kier alpha value is -0.0800. The number of nitrogens with zero attached hydrogens (tertiary/aromatic N) is 1.